The number of hydrogen-bond donors (Lipinski definition) is 2. The third-order valence-corrected chi connectivity index (χ3v) is 6.61. The van der Waals surface area contributed by atoms with Gasteiger partial charge in [0.25, 0.3) is 5.91 Å². The summed E-state index contributed by atoms with van der Waals surface area (Å²) < 4.78 is 0. The SMILES string of the molecule is Cc1ccc(-c2csc(NC(=O)c3scc(C(=O)C(C)C)c3C)c2C(=O)O)cc1. The Morgan fingerprint density at radius 2 is 1.66 bits per heavy atom. The molecule has 1 amide bonds. The summed E-state index contributed by atoms with van der Waals surface area (Å²) in [6.45, 7) is 7.33. The second kappa shape index (κ2) is 8.31. The zero-order chi connectivity index (χ0) is 21.3. The molecule has 0 atom stereocenters. The molecule has 0 bridgehead atoms. The van der Waals surface area contributed by atoms with Crippen LogP contribution in [0.25, 0.3) is 11.1 Å². The topological polar surface area (TPSA) is 83.5 Å². The molecule has 1 aromatic carbocycles. The van der Waals surface area contributed by atoms with Crippen LogP contribution in [0.1, 0.15) is 55.4 Å². The van der Waals surface area contributed by atoms with E-state index >= 15 is 0 Å². The lowest BCUT2D eigenvalue weighted by molar-refractivity contribution is 0.0699. The van der Waals surface area contributed by atoms with E-state index in [-0.39, 0.29) is 22.3 Å². The Bertz CT molecular complexity index is 1090. The van der Waals surface area contributed by atoms with Gasteiger partial charge in [-0.15, -0.1) is 22.7 Å². The number of nitrogens with one attached hydrogen (secondary N) is 1. The van der Waals surface area contributed by atoms with Gasteiger partial charge in [0.2, 0.25) is 0 Å². The second-order valence-corrected chi connectivity index (χ2v) is 8.86. The van der Waals surface area contributed by atoms with E-state index in [1.807, 2.05) is 45.0 Å². The van der Waals surface area contributed by atoms with E-state index < -0.39 is 11.9 Å². The molecule has 3 rings (SSSR count). The summed E-state index contributed by atoms with van der Waals surface area (Å²) in [6, 6.07) is 7.56. The van der Waals surface area contributed by atoms with Crippen LogP contribution in [0, 0.1) is 19.8 Å². The maximum Gasteiger partial charge on any atom is 0.339 e. The third kappa shape index (κ3) is 4.16. The van der Waals surface area contributed by atoms with E-state index in [0.717, 1.165) is 11.1 Å². The summed E-state index contributed by atoms with van der Waals surface area (Å²) in [5, 5.41) is 16.2. The van der Waals surface area contributed by atoms with Crippen molar-refractivity contribution in [2.45, 2.75) is 27.7 Å². The van der Waals surface area contributed by atoms with Gasteiger partial charge in [-0.05, 0) is 25.0 Å². The molecule has 0 saturated carbocycles. The van der Waals surface area contributed by atoms with Crippen molar-refractivity contribution < 1.29 is 19.5 Å². The van der Waals surface area contributed by atoms with E-state index in [1.165, 1.54) is 22.7 Å². The van der Waals surface area contributed by atoms with Crippen LogP contribution < -0.4 is 5.32 Å². The number of Topliss-reactive ketones (excluding diaryl/α,β-unsaturated/α-hetero) is 1. The van der Waals surface area contributed by atoms with E-state index in [1.54, 1.807) is 17.7 Å². The Morgan fingerprint density at radius 3 is 2.24 bits per heavy atom. The fourth-order valence-corrected chi connectivity index (χ4v) is 4.89. The third-order valence-electron chi connectivity index (χ3n) is 4.63. The summed E-state index contributed by atoms with van der Waals surface area (Å²) in [5.41, 5.74) is 3.66. The molecule has 0 unspecified atom stereocenters. The fourth-order valence-electron chi connectivity index (χ4n) is 2.96. The van der Waals surface area contributed by atoms with Crippen LogP contribution in [-0.4, -0.2) is 22.8 Å². The molecule has 0 spiro atoms. The van der Waals surface area contributed by atoms with E-state index in [0.29, 0.717) is 21.6 Å². The van der Waals surface area contributed by atoms with Crippen LogP contribution in [-0.2, 0) is 0 Å². The summed E-state index contributed by atoms with van der Waals surface area (Å²) in [7, 11) is 0. The van der Waals surface area contributed by atoms with Crippen molar-refractivity contribution in [2.75, 3.05) is 5.32 Å². The van der Waals surface area contributed by atoms with Crippen LogP contribution in [0.4, 0.5) is 5.00 Å². The number of carbonyl (C=O) groups is 3. The van der Waals surface area contributed by atoms with Gasteiger partial charge in [-0.1, -0.05) is 43.7 Å². The quantitative estimate of drug-likeness (QED) is 0.481. The Balaban J connectivity index is 1.93. The van der Waals surface area contributed by atoms with Crippen LogP contribution >= 0.6 is 22.7 Å². The first kappa shape index (κ1) is 21.0. The highest BCUT2D eigenvalue weighted by Gasteiger charge is 2.24. The molecule has 3 aromatic rings. The Morgan fingerprint density at radius 1 is 1.00 bits per heavy atom. The molecule has 0 aliphatic heterocycles. The van der Waals surface area contributed by atoms with Crippen molar-refractivity contribution in [1.82, 2.24) is 0 Å². The molecular formula is C22H21NO4S2. The van der Waals surface area contributed by atoms with Gasteiger partial charge in [0.1, 0.15) is 10.6 Å². The highest BCUT2D eigenvalue weighted by Crippen LogP contribution is 2.36. The number of rotatable bonds is 6. The van der Waals surface area contributed by atoms with Crippen molar-refractivity contribution >= 4 is 45.3 Å². The van der Waals surface area contributed by atoms with Gasteiger partial charge in [-0.3, -0.25) is 9.59 Å². The molecule has 2 N–H and O–H groups in total. The normalized spacial score (nSPS) is 10.9. The van der Waals surface area contributed by atoms with Crippen LogP contribution in [0.5, 0.6) is 0 Å². The number of aryl methyl sites for hydroxylation is 1. The van der Waals surface area contributed by atoms with Crippen molar-refractivity contribution in [1.29, 1.82) is 0 Å². The Labute approximate surface area is 177 Å². The molecule has 150 valence electrons. The zero-order valence-corrected chi connectivity index (χ0v) is 18.2. The van der Waals surface area contributed by atoms with Gasteiger partial charge in [0, 0.05) is 27.8 Å². The first-order valence-electron chi connectivity index (χ1n) is 9.06. The number of benzene rings is 1. The number of amides is 1. The van der Waals surface area contributed by atoms with Gasteiger partial charge in [-0.25, -0.2) is 4.79 Å². The lowest BCUT2D eigenvalue weighted by atomic mass is 10.00. The van der Waals surface area contributed by atoms with Gasteiger partial charge < -0.3 is 10.4 Å². The molecule has 0 aliphatic carbocycles. The van der Waals surface area contributed by atoms with Crippen molar-refractivity contribution in [3.05, 3.63) is 62.2 Å². The summed E-state index contributed by atoms with van der Waals surface area (Å²) in [5.74, 6) is -1.68. The largest absolute Gasteiger partial charge is 0.478 e. The monoisotopic (exact) mass is 427 g/mol. The molecule has 0 saturated heterocycles. The van der Waals surface area contributed by atoms with Crippen molar-refractivity contribution in [3.63, 3.8) is 0 Å². The van der Waals surface area contributed by atoms with Gasteiger partial charge >= 0.3 is 5.97 Å². The highest BCUT2D eigenvalue weighted by molar-refractivity contribution is 7.16. The summed E-state index contributed by atoms with van der Waals surface area (Å²) >= 11 is 2.37. The predicted molar refractivity (Wildman–Crippen MR) is 118 cm³/mol. The second-order valence-electron chi connectivity index (χ2n) is 7.10. The van der Waals surface area contributed by atoms with E-state index in [9.17, 15) is 19.5 Å². The molecule has 0 radical (unpaired) electrons. The molecule has 5 nitrogen and oxygen atoms in total. The highest BCUT2D eigenvalue weighted by atomic mass is 32.1. The first-order chi connectivity index (χ1) is 13.7. The molecule has 29 heavy (non-hydrogen) atoms. The van der Waals surface area contributed by atoms with Crippen LogP contribution in [0.2, 0.25) is 0 Å². The number of anilines is 1. The Hall–Kier alpha value is -2.77. The average Bonchev–Trinajstić information content (AvgIpc) is 3.25. The maximum absolute atomic E-state index is 12.8. The first-order valence-corrected chi connectivity index (χ1v) is 10.8. The van der Waals surface area contributed by atoms with Gasteiger partial charge in [0.15, 0.2) is 5.78 Å². The minimum Gasteiger partial charge on any atom is -0.478 e. The zero-order valence-electron chi connectivity index (χ0n) is 16.5. The molecule has 7 heteroatoms. The standard InChI is InChI=1S/C22H21NO4S2/c1-11(2)18(24)15-9-28-19(13(15)4)20(25)23-21-17(22(26)27)16(10-29-21)14-7-5-12(3)6-8-14/h5-11H,1-4H3,(H,23,25)(H,26,27). The number of carboxylic acid groups (broad SMARTS) is 1. The lowest BCUT2D eigenvalue weighted by Gasteiger charge is -2.07. The van der Waals surface area contributed by atoms with Crippen molar-refractivity contribution in [2.24, 2.45) is 5.92 Å². The molecule has 2 heterocycles. The minimum atomic E-state index is -1.10. The molecular weight excluding hydrogens is 406 g/mol. The van der Waals surface area contributed by atoms with Gasteiger partial charge in [-0.2, -0.15) is 0 Å². The predicted octanol–water partition coefficient (Wildman–Crippen LogP) is 5.88. The minimum absolute atomic E-state index is 0.0122. The lowest BCUT2D eigenvalue weighted by Crippen LogP contribution is -2.14. The van der Waals surface area contributed by atoms with Gasteiger partial charge in [0.05, 0.1) is 4.88 Å². The van der Waals surface area contributed by atoms with Crippen molar-refractivity contribution in [3.8, 4) is 11.1 Å². The number of hydrogen-bond acceptors (Lipinski definition) is 5. The molecule has 0 aliphatic rings. The summed E-state index contributed by atoms with van der Waals surface area (Å²) in [6.07, 6.45) is 0. The number of aromatic carboxylic acids is 1. The average molecular weight is 428 g/mol. The molecule has 2 aromatic heterocycles. The number of carboxylic acids is 1. The van der Waals surface area contributed by atoms with E-state index in [4.69, 9.17) is 0 Å². The Kier molecular flexibility index (Phi) is 6.00. The van der Waals surface area contributed by atoms with Crippen LogP contribution in [0.3, 0.4) is 0 Å². The maximum atomic E-state index is 12.8. The number of ketones is 1. The number of thiophene rings is 2. The fraction of sp³-hybridized carbons (Fsp3) is 0.227. The summed E-state index contributed by atoms with van der Waals surface area (Å²) in [4.78, 5) is 37.4. The van der Waals surface area contributed by atoms with E-state index in [2.05, 4.69) is 5.32 Å². The smallest absolute Gasteiger partial charge is 0.339 e. The molecule has 0 fully saturated rings. The number of carbonyl (C=O) groups excluding carboxylic acids is 2. The van der Waals surface area contributed by atoms with Crippen LogP contribution in [0.15, 0.2) is 35.0 Å².